The van der Waals surface area contributed by atoms with E-state index in [1.807, 2.05) is 47.2 Å². The lowest BCUT2D eigenvalue weighted by Crippen LogP contribution is -2.17. The molecule has 0 bridgehead atoms. The lowest BCUT2D eigenvalue weighted by Gasteiger charge is -2.10. The molecule has 0 aliphatic heterocycles. The van der Waals surface area contributed by atoms with E-state index in [0.29, 0.717) is 12.1 Å². The summed E-state index contributed by atoms with van der Waals surface area (Å²) in [5.41, 5.74) is 2.91. The van der Waals surface area contributed by atoms with Gasteiger partial charge in [-0.15, -0.1) is 0 Å². The molecule has 0 N–H and O–H groups in total. The number of aromatic nitrogens is 2. The Morgan fingerprint density at radius 2 is 1.60 bits per heavy atom. The molecule has 0 atom stereocenters. The van der Waals surface area contributed by atoms with Crippen molar-refractivity contribution < 1.29 is 8.78 Å². The van der Waals surface area contributed by atoms with Gasteiger partial charge in [-0.05, 0) is 42.0 Å². The molecular formula is C20H14F2N2O. The molecule has 0 amide bonds. The van der Waals surface area contributed by atoms with Crippen molar-refractivity contribution in [1.29, 1.82) is 0 Å². The first-order chi connectivity index (χ1) is 12.1. The van der Waals surface area contributed by atoms with E-state index in [2.05, 4.69) is 0 Å². The summed E-state index contributed by atoms with van der Waals surface area (Å²) in [7, 11) is 0. The van der Waals surface area contributed by atoms with E-state index in [9.17, 15) is 13.6 Å². The highest BCUT2D eigenvalue weighted by molar-refractivity contribution is 5.78. The van der Waals surface area contributed by atoms with E-state index in [0.717, 1.165) is 22.8 Å². The Morgan fingerprint density at radius 1 is 0.800 bits per heavy atom. The Labute approximate surface area is 142 Å². The van der Waals surface area contributed by atoms with Gasteiger partial charge in [0.1, 0.15) is 0 Å². The van der Waals surface area contributed by atoms with Crippen molar-refractivity contribution in [3.05, 3.63) is 100 Å². The second-order valence-corrected chi connectivity index (χ2v) is 5.81. The highest BCUT2D eigenvalue weighted by Crippen LogP contribution is 2.19. The molecule has 0 saturated heterocycles. The normalized spacial score (nSPS) is 11.1. The van der Waals surface area contributed by atoms with E-state index >= 15 is 0 Å². The van der Waals surface area contributed by atoms with E-state index in [-0.39, 0.29) is 5.56 Å². The lowest BCUT2D eigenvalue weighted by atomic mass is 10.2. The Bertz CT molecular complexity index is 1110. The number of hydrogen-bond donors (Lipinski definition) is 0. The summed E-state index contributed by atoms with van der Waals surface area (Å²) in [6.07, 6.45) is 1.84. The molecule has 0 radical (unpaired) electrons. The molecule has 3 nitrogen and oxygen atoms in total. The van der Waals surface area contributed by atoms with Crippen LogP contribution in [0.2, 0.25) is 0 Å². The summed E-state index contributed by atoms with van der Waals surface area (Å²) in [6, 6.07) is 18.3. The van der Waals surface area contributed by atoms with Crippen molar-refractivity contribution in [3.8, 4) is 5.69 Å². The van der Waals surface area contributed by atoms with Gasteiger partial charge in [0.15, 0.2) is 11.6 Å². The van der Waals surface area contributed by atoms with Crippen LogP contribution < -0.4 is 5.56 Å². The number of rotatable bonds is 3. The summed E-state index contributed by atoms with van der Waals surface area (Å²) in [6.45, 7) is 0.383. The van der Waals surface area contributed by atoms with Crippen LogP contribution in [0, 0.1) is 11.6 Å². The van der Waals surface area contributed by atoms with Crippen LogP contribution in [0.3, 0.4) is 0 Å². The highest BCUT2D eigenvalue weighted by Gasteiger charge is 2.10. The first kappa shape index (κ1) is 15.3. The average Bonchev–Trinajstić information content (AvgIpc) is 3.01. The number of halogens is 2. The van der Waals surface area contributed by atoms with Crippen molar-refractivity contribution in [2.45, 2.75) is 6.54 Å². The Hall–Kier alpha value is -3.21. The fourth-order valence-electron chi connectivity index (χ4n) is 3.00. The first-order valence-corrected chi connectivity index (χ1v) is 7.84. The quantitative estimate of drug-likeness (QED) is 0.553. The summed E-state index contributed by atoms with van der Waals surface area (Å²) < 4.78 is 30.1. The van der Waals surface area contributed by atoms with Crippen molar-refractivity contribution in [3.63, 3.8) is 0 Å². The predicted octanol–water partition coefficient (Wildman–Crippen LogP) is 4.12. The zero-order valence-corrected chi connectivity index (χ0v) is 13.2. The lowest BCUT2D eigenvalue weighted by molar-refractivity contribution is 0.506. The van der Waals surface area contributed by atoms with Crippen molar-refractivity contribution in [2.24, 2.45) is 0 Å². The molecule has 0 aliphatic rings. The van der Waals surface area contributed by atoms with Gasteiger partial charge in [-0.3, -0.25) is 9.36 Å². The number of nitrogens with zero attached hydrogens (tertiary/aromatic N) is 2. The summed E-state index contributed by atoms with van der Waals surface area (Å²) in [5.74, 6) is -1.73. The van der Waals surface area contributed by atoms with Crippen LogP contribution in [-0.4, -0.2) is 9.13 Å². The van der Waals surface area contributed by atoms with Crippen LogP contribution in [0.1, 0.15) is 5.56 Å². The van der Waals surface area contributed by atoms with Gasteiger partial charge in [0.2, 0.25) is 0 Å². The van der Waals surface area contributed by atoms with Crippen molar-refractivity contribution >= 4 is 11.0 Å². The number of fused-ring (bicyclic) bond motifs is 1. The van der Waals surface area contributed by atoms with Gasteiger partial charge in [0, 0.05) is 24.5 Å². The molecule has 124 valence electrons. The molecule has 0 fully saturated rings. The predicted molar refractivity (Wildman–Crippen MR) is 93.0 cm³/mol. The van der Waals surface area contributed by atoms with Crippen molar-refractivity contribution in [2.75, 3.05) is 0 Å². The van der Waals surface area contributed by atoms with E-state index < -0.39 is 11.6 Å². The van der Waals surface area contributed by atoms with Gasteiger partial charge in [-0.1, -0.05) is 24.3 Å². The molecule has 2 aromatic carbocycles. The third kappa shape index (κ3) is 2.74. The Morgan fingerprint density at radius 3 is 2.36 bits per heavy atom. The molecule has 5 heteroatoms. The highest BCUT2D eigenvalue weighted by atomic mass is 19.2. The van der Waals surface area contributed by atoms with Crippen LogP contribution in [-0.2, 0) is 6.54 Å². The number of pyridine rings is 1. The van der Waals surface area contributed by atoms with Crippen LogP contribution in [0.4, 0.5) is 8.78 Å². The molecule has 0 spiro atoms. The van der Waals surface area contributed by atoms with Gasteiger partial charge in [-0.2, -0.15) is 0 Å². The molecule has 4 rings (SSSR count). The second-order valence-electron chi connectivity index (χ2n) is 5.81. The third-order valence-corrected chi connectivity index (χ3v) is 4.18. The monoisotopic (exact) mass is 336 g/mol. The van der Waals surface area contributed by atoms with Gasteiger partial charge in [0.25, 0.3) is 5.56 Å². The maximum atomic E-state index is 13.4. The van der Waals surface area contributed by atoms with Crippen LogP contribution in [0.25, 0.3) is 16.7 Å². The first-order valence-electron chi connectivity index (χ1n) is 7.84. The zero-order chi connectivity index (χ0) is 17.4. The minimum absolute atomic E-state index is 0.121. The van der Waals surface area contributed by atoms with Crippen molar-refractivity contribution in [1.82, 2.24) is 9.13 Å². The maximum absolute atomic E-state index is 13.4. The summed E-state index contributed by atoms with van der Waals surface area (Å²) >= 11 is 0. The third-order valence-electron chi connectivity index (χ3n) is 4.18. The smallest absolute Gasteiger partial charge is 0.255 e. The fourth-order valence-corrected chi connectivity index (χ4v) is 3.00. The molecule has 2 heterocycles. The summed E-state index contributed by atoms with van der Waals surface area (Å²) in [4.78, 5) is 12.3. The average molecular weight is 336 g/mol. The van der Waals surface area contributed by atoms with Gasteiger partial charge >= 0.3 is 0 Å². The molecule has 0 unspecified atom stereocenters. The van der Waals surface area contributed by atoms with Gasteiger partial charge in [0.05, 0.1) is 11.0 Å². The topological polar surface area (TPSA) is 26.9 Å². The van der Waals surface area contributed by atoms with Crippen LogP contribution in [0.15, 0.2) is 77.7 Å². The molecular weight excluding hydrogens is 322 g/mol. The number of benzene rings is 2. The molecule has 25 heavy (non-hydrogen) atoms. The van der Waals surface area contributed by atoms with E-state index in [4.69, 9.17) is 0 Å². The molecule has 0 aliphatic carbocycles. The largest absolute Gasteiger partial charge is 0.342 e. The zero-order valence-electron chi connectivity index (χ0n) is 13.2. The maximum Gasteiger partial charge on any atom is 0.255 e. The molecule has 4 aromatic rings. The standard InChI is InChI=1S/C20H14F2N2O/c21-16-7-6-14(12-17(16)22)13-23-11-10-19-18(23)8-9-20(25)24(19)15-4-2-1-3-5-15/h1-12H,13H2. The second kappa shape index (κ2) is 6.02. The van der Waals surface area contributed by atoms with Crippen LogP contribution >= 0.6 is 0 Å². The van der Waals surface area contributed by atoms with Crippen LogP contribution in [0.5, 0.6) is 0 Å². The molecule has 0 saturated carbocycles. The minimum atomic E-state index is -0.866. The Kier molecular flexibility index (Phi) is 3.69. The van der Waals surface area contributed by atoms with Gasteiger partial charge < -0.3 is 4.57 Å². The fraction of sp³-hybridized carbons (Fsp3) is 0.0500. The molecule has 2 aromatic heterocycles. The van der Waals surface area contributed by atoms with Gasteiger partial charge in [-0.25, -0.2) is 8.78 Å². The Balaban J connectivity index is 1.82. The van der Waals surface area contributed by atoms with E-state index in [1.165, 1.54) is 12.1 Å². The minimum Gasteiger partial charge on any atom is -0.342 e. The number of para-hydroxylation sites is 1. The number of hydrogen-bond acceptors (Lipinski definition) is 1. The SMILES string of the molecule is O=c1ccc2c(ccn2Cc2ccc(F)c(F)c2)n1-c1ccccc1. The van der Waals surface area contributed by atoms with E-state index in [1.54, 1.807) is 16.7 Å². The summed E-state index contributed by atoms with van der Waals surface area (Å²) in [5, 5.41) is 0.